The lowest BCUT2D eigenvalue weighted by atomic mass is 10.2. The van der Waals surface area contributed by atoms with Crippen molar-refractivity contribution in [3.05, 3.63) is 12.4 Å². The van der Waals surface area contributed by atoms with E-state index in [0.717, 1.165) is 19.5 Å². The largest absolute Gasteiger partial charge is 0.480 e. The molecule has 0 saturated heterocycles. The Labute approximate surface area is 109 Å². The highest BCUT2D eigenvalue weighted by molar-refractivity contribution is 7.89. The normalized spacial score (nSPS) is 12.9. The fourth-order valence-electron chi connectivity index (χ4n) is 1.24. The molecule has 0 radical (unpaired) electrons. The highest BCUT2D eigenvalue weighted by atomic mass is 32.2. The second-order valence-electron chi connectivity index (χ2n) is 3.56. The Morgan fingerprint density at radius 2 is 2.26 bits per heavy atom. The lowest BCUT2D eigenvalue weighted by Crippen LogP contribution is -2.40. The van der Waals surface area contributed by atoms with Gasteiger partial charge in [-0.2, -0.15) is 9.82 Å². The molecule has 0 unspecified atom stereocenters. The summed E-state index contributed by atoms with van der Waals surface area (Å²) in [5.74, 6) is -2.00. The zero-order valence-corrected chi connectivity index (χ0v) is 10.8. The molecule has 0 fully saturated rings. The molecule has 0 saturated carbocycles. The van der Waals surface area contributed by atoms with Gasteiger partial charge in [-0.15, -0.1) is 0 Å². The van der Waals surface area contributed by atoms with Crippen molar-refractivity contribution in [2.75, 3.05) is 7.11 Å². The smallest absolute Gasteiger partial charge is 0.321 e. The fourth-order valence-corrected chi connectivity index (χ4v) is 2.37. The van der Waals surface area contributed by atoms with Crippen LogP contribution in [0.25, 0.3) is 0 Å². The quantitative estimate of drug-likeness (QED) is 0.553. The molecule has 9 nitrogen and oxygen atoms in total. The Bertz CT molecular complexity index is 538. The maximum atomic E-state index is 11.8. The number of nitrogens with zero attached hydrogens (tertiary/aromatic N) is 1. The third kappa shape index (κ3) is 4.34. The van der Waals surface area contributed by atoms with Crippen molar-refractivity contribution in [3.8, 4) is 0 Å². The molecule has 1 heterocycles. The van der Waals surface area contributed by atoms with Gasteiger partial charge in [0.25, 0.3) is 0 Å². The number of esters is 1. The van der Waals surface area contributed by atoms with Gasteiger partial charge in [-0.1, -0.05) is 0 Å². The number of ether oxygens (including phenoxy) is 1. The molecule has 19 heavy (non-hydrogen) atoms. The summed E-state index contributed by atoms with van der Waals surface area (Å²) in [7, 11) is -2.83. The van der Waals surface area contributed by atoms with E-state index in [1.165, 1.54) is 0 Å². The van der Waals surface area contributed by atoms with Gasteiger partial charge in [0.15, 0.2) is 0 Å². The van der Waals surface area contributed by atoms with Crippen LogP contribution in [0.5, 0.6) is 0 Å². The second kappa shape index (κ2) is 6.29. The molecule has 0 aliphatic rings. The number of nitrogens with one attached hydrogen (secondary N) is 2. The van der Waals surface area contributed by atoms with Gasteiger partial charge >= 0.3 is 11.9 Å². The van der Waals surface area contributed by atoms with E-state index >= 15 is 0 Å². The molecular formula is C9H13N3O6S. The third-order valence-corrected chi connectivity index (χ3v) is 3.68. The number of hydrogen-bond donors (Lipinski definition) is 3. The minimum Gasteiger partial charge on any atom is -0.480 e. The summed E-state index contributed by atoms with van der Waals surface area (Å²) in [6, 6.07) is -1.42. The van der Waals surface area contributed by atoms with Crippen LogP contribution in [0.15, 0.2) is 17.3 Å². The van der Waals surface area contributed by atoms with E-state index in [-0.39, 0.29) is 17.7 Å². The van der Waals surface area contributed by atoms with Gasteiger partial charge in [-0.05, 0) is 6.42 Å². The molecule has 0 spiro atoms. The van der Waals surface area contributed by atoms with E-state index in [1.54, 1.807) is 0 Å². The van der Waals surface area contributed by atoms with E-state index in [4.69, 9.17) is 5.11 Å². The van der Waals surface area contributed by atoms with Crippen molar-refractivity contribution in [2.24, 2.45) is 0 Å². The van der Waals surface area contributed by atoms with Crippen LogP contribution < -0.4 is 4.72 Å². The minimum absolute atomic E-state index is 0.184. The van der Waals surface area contributed by atoms with Gasteiger partial charge in [-0.25, -0.2) is 8.42 Å². The summed E-state index contributed by atoms with van der Waals surface area (Å²) in [5.41, 5.74) is 0. The minimum atomic E-state index is -3.99. The number of aromatic nitrogens is 2. The number of rotatable bonds is 7. The van der Waals surface area contributed by atoms with E-state index in [9.17, 15) is 18.0 Å². The summed E-state index contributed by atoms with van der Waals surface area (Å²) in [4.78, 5) is 21.7. The number of methoxy groups -OCH3 is 1. The van der Waals surface area contributed by atoms with E-state index in [0.29, 0.717) is 0 Å². The average molecular weight is 291 g/mol. The van der Waals surface area contributed by atoms with Crippen molar-refractivity contribution in [2.45, 2.75) is 23.8 Å². The summed E-state index contributed by atoms with van der Waals surface area (Å²) >= 11 is 0. The van der Waals surface area contributed by atoms with Gasteiger partial charge in [0.2, 0.25) is 10.0 Å². The molecule has 10 heteroatoms. The second-order valence-corrected chi connectivity index (χ2v) is 5.27. The number of carboxylic acid groups (broad SMARTS) is 1. The highest BCUT2D eigenvalue weighted by Gasteiger charge is 2.26. The van der Waals surface area contributed by atoms with Crippen LogP contribution in [0.4, 0.5) is 0 Å². The molecule has 1 atom stereocenters. The van der Waals surface area contributed by atoms with Gasteiger partial charge in [-0.3, -0.25) is 14.7 Å². The van der Waals surface area contributed by atoms with Gasteiger partial charge in [0.05, 0.1) is 13.3 Å². The van der Waals surface area contributed by atoms with Crippen molar-refractivity contribution < 1.29 is 27.9 Å². The van der Waals surface area contributed by atoms with E-state index in [1.807, 2.05) is 4.72 Å². The first-order chi connectivity index (χ1) is 8.86. The molecule has 0 bridgehead atoms. The van der Waals surface area contributed by atoms with Crippen molar-refractivity contribution in [1.29, 1.82) is 0 Å². The summed E-state index contributed by atoms with van der Waals surface area (Å²) in [6.07, 6.45) is 1.74. The van der Waals surface area contributed by atoms with Gasteiger partial charge in [0.1, 0.15) is 10.9 Å². The third-order valence-electron chi connectivity index (χ3n) is 2.24. The molecule has 0 amide bonds. The van der Waals surface area contributed by atoms with Crippen LogP contribution in [-0.2, 0) is 24.3 Å². The Balaban J connectivity index is 2.74. The van der Waals surface area contributed by atoms with E-state index < -0.39 is 28.0 Å². The van der Waals surface area contributed by atoms with Crippen molar-refractivity contribution in [1.82, 2.24) is 14.9 Å². The summed E-state index contributed by atoms with van der Waals surface area (Å²) < 4.78 is 29.9. The van der Waals surface area contributed by atoms with E-state index in [2.05, 4.69) is 14.9 Å². The number of aliphatic carboxylic acids is 1. The van der Waals surface area contributed by atoms with Crippen molar-refractivity contribution in [3.63, 3.8) is 0 Å². The number of carbonyl (C=O) groups is 2. The van der Waals surface area contributed by atoms with Crippen LogP contribution in [0, 0.1) is 0 Å². The molecule has 0 aromatic carbocycles. The number of sulfonamides is 1. The predicted molar refractivity (Wildman–Crippen MR) is 61.6 cm³/mol. The maximum absolute atomic E-state index is 11.8. The lowest BCUT2D eigenvalue weighted by Gasteiger charge is -2.13. The number of H-pyrrole nitrogens is 1. The SMILES string of the molecule is COC(=O)CC[C@@H](NS(=O)(=O)c1cn[nH]c1)C(=O)O. The maximum Gasteiger partial charge on any atom is 0.321 e. The number of hydrogen-bond acceptors (Lipinski definition) is 6. The number of carboxylic acids is 1. The average Bonchev–Trinajstić information content (AvgIpc) is 2.88. The van der Waals surface area contributed by atoms with Crippen LogP contribution in [-0.4, -0.2) is 48.8 Å². The van der Waals surface area contributed by atoms with Gasteiger partial charge in [0, 0.05) is 12.6 Å². The first kappa shape index (κ1) is 15.1. The first-order valence-corrected chi connectivity index (χ1v) is 6.66. The zero-order valence-electron chi connectivity index (χ0n) is 9.99. The molecule has 1 rings (SSSR count). The fraction of sp³-hybridized carbons (Fsp3) is 0.444. The Kier molecular flexibility index (Phi) is 5.01. The highest BCUT2D eigenvalue weighted by Crippen LogP contribution is 2.08. The number of aromatic amines is 1. The molecule has 1 aromatic heterocycles. The Morgan fingerprint density at radius 1 is 1.58 bits per heavy atom. The van der Waals surface area contributed by atoms with Crippen LogP contribution in [0.2, 0.25) is 0 Å². The monoisotopic (exact) mass is 291 g/mol. The summed E-state index contributed by atoms with van der Waals surface area (Å²) in [5, 5.41) is 14.7. The van der Waals surface area contributed by atoms with Crippen LogP contribution >= 0.6 is 0 Å². The molecule has 3 N–H and O–H groups in total. The predicted octanol–water partition coefficient (Wildman–Crippen LogP) is -0.906. The molecular weight excluding hydrogens is 278 g/mol. The standard InChI is InChI=1S/C9H13N3O6S/c1-18-8(13)3-2-7(9(14)15)12-19(16,17)6-4-10-11-5-6/h4-5,7,12H,2-3H2,1H3,(H,10,11)(H,14,15)/t7-/m1/s1. The molecule has 1 aromatic rings. The van der Waals surface area contributed by atoms with Crippen LogP contribution in [0.1, 0.15) is 12.8 Å². The number of carbonyl (C=O) groups excluding carboxylic acids is 1. The van der Waals surface area contributed by atoms with Crippen LogP contribution in [0.3, 0.4) is 0 Å². The lowest BCUT2D eigenvalue weighted by molar-refractivity contribution is -0.142. The Hall–Kier alpha value is -1.94. The summed E-state index contributed by atoms with van der Waals surface area (Å²) in [6.45, 7) is 0. The molecule has 106 valence electrons. The van der Waals surface area contributed by atoms with Gasteiger partial charge < -0.3 is 9.84 Å². The Morgan fingerprint density at radius 3 is 2.74 bits per heavy atom. The zero-order chi connectivity index (χ0) is 14.5. The topological polar surface area (TPSA) is 138 Å². The molecule has 0 aliphatic heterocycles. The van der Waals surface area contributed by atoms with Crippen molar-refractivity contribution >= 4 is 22.0 Å². The first-order valence-electron chi connectivity index (χ1n) is 5.17. The molecule has 0 aliphatic carbocycles.